The zero-order valence-electron chi connectivity index (χ0n) is 39.6. The molecule has 14 rings (SSSR count). The van der Waals surface area contributed by atoms with Crippen molar-refractivity contribution in [3.05, 3.63) is 231 Å². The van der Waals surface area contributed by atoms with E-state index in [1.165, 1.54) is 109 Å². The van der Waals surface area contributed by atoms with Gasteiger partial charge in [-0.2, -0.15) is 0 Å². The average molecular weight is 1020 g/mol. The van der Waals surface area contributed by atoms with Crippen LogP contribution in [0.25, 0.3) is 86.9 Å². The van der Waals surface area contributed by atoms with Gasteiger partial charge < -0.3 is 11.1 Å². The summed E-state index contributed by atoms with van der Waals surface area (Å²) in [6.45, 7) is 9.34. The van der Waals surface area contributed by atoms with Gasteiger partial charge in [0.25, 0.3) is 0 Å². The van der Waals surface area contributed by atoms with Crippen LogP contribution in [0, 0.1) is 0 Å². The van der Waals surface area contributed by atoms with Gasteiger partial charge in [-0.3, -0.25) is 0 Å². The van der Waals surface area contributed by atoms with Crippen LogP contribution in [-0.4, -0.2) is 9.97 Å². The van der Waals surface area contributed by atoms with E-state index in [9.17, 15) is 0 Å². The Morgan fingerprint density at radius 1 is 0.394 bits per heavy atom. The normalized spacial score (nSPS) is 13.6. The molecule has 10 aromatic carbocycles. The number of rotatable bonds is 2. The SMILES string of the molecule is CC1(C)c2cc(Br)ccc2-c2cc3c4ccccc4c4ccccc4c3cc21.CC1(C)c2cc(Nc3ncccc3Cl)ccc2-c2cc3c4ccccc4c4ccccc4c3cc21.Nc1ncccc1Cl. The van der Waals surface area contributed by atoms with Crippen LogP contribution in [0.5, 0.6) is 0 Å². The summed E-state index contributed by atoms with van der Waals surface area (Å²) in [6, 6.07) is 65.3. The van der Waals surface area contributed by atoms with E-state index in [1.54, 1.807) is 24.5 Å². The van der Waals surface area contributed by atoms with E-state index in [-0.39, 0.29) is 10.8 Å². The molecule has 2 aromatic heterocycles. The number of nitrogen functional groups attached to an aromatic ring is 1. The molecule has 2 heterocycles. The quantitative estimate of drug-likeness (QED) is 0.169. The molecule has 12 aromatic rings. The molecule has 0 saturated carbocycles. The number of aromatic nitrogens is 2. The molecule has 0 atom stereocenters. The molecule has 0 aliphatic heterocycles. The Kier molecular flexibility index (Phi) is 10.9. The fourth-order valence-electron chi connectivity index (χ4n) is 11.3. The van der Waals surface area contributed by atoms with Crippen molar-refractivity contribution >= 4 is 121 Å². The van der Waals surface area contributed by atoms with Crippen LogP contribution in [0.4, 0.5) is 17.3 Å². The number of anilines is 3. The summed E-state index contributed by atoms with van der Waals surface area (Å²) in [5.41, 5.74) is 17.0. The summed E-state index contributed by atoms with van der Waals surface area (Å²) in [4.78, 5) is 8.12. The van der Waals surface area contributed by atoms with Crippen molar-refractivity contribution in [2.24, 2.45) is 0 Å². The number of fused-ring (bicyclic) bond motifs is 18. The lowest BCUT2D eigenvalue weighted by molar-refractivity contribution is 0.661. The van der Waals surface area contributed by atoms with E-state index in [0.29, 0.717) is 21.7 Å². The second-order valence-electron chi connectivity index (χ2n) is 19.6. The largest absolute Gasteiger partial charge is 0.382 e. The van der Waals surface area contributed by atoms with Crippen molar-refractivity contribution in [3.63, 3.8) is 0 Å². The number of nitrogens with two attached hydrogens (primary N) is 1. The van der Waals surface area contributed by atoms with Gasteiger partial charge in [-0.05, 0) is 182 Å². The summed E-state index contributed by atoms with van der Waals surface area (Å²) < 4.78 is 1.15. The highest BCUT2D eigenvalue weighted by molar-refractivity contribution is 9.10. The number of halogens is 3. The first-order valence-electron chi connectivity index (χ1n) is 23.8. The number of nitrogens with one attached hydrogen (secondary N) is 1. The summed E-state index contributed by atoms with van der Waals surface area (Å²) in [5, 5.41) is 20.4. The third-order valence-corrected chi connectivity index (χ3v) is 16.0. The number of pyridine rings is 2. The average Bonchev–Trinajstić information content (AvgIpc) is 3.75. The van der Waals surface area contributed by atoms with Gasteiger partial charge >= 0.3 is 0 Å². The standard InChI is InChI=1S/C32H23ClN2.C27H19Br.C5H5ClN2/c1-32(2)28-16-19(35-31-30(33)12-7-15-34-31)13-14-24(28)27-17-25-22-10-5-3-8-20(22)21-9-4-6-11-23(21)26(25)18-29(27)32;1-27(2)25-13-16(28)11-12-21(25)24-14-22-19-9-5-3-7-17(19)18-8-4-6-10-20(18)23(22)15-26(24)27;6-4-2-1-3-8-5(4)7/h3-18H,1-2H3,(H,34,35);3-15H,1-2H3;1-3H,(H2,7,8). The van der Waals surface area contributed by atoms with Gasteiger partial charge in [0.05, 0.1) is 10.0 Å². The maximum absolute atomic E-state index is 6.35. The summed E-state index contributed by atoms with van der Waals surface area (Å²) in [7, 11) is 0. The van der Waals surface area contributed by atoms with Gasteiger partial charge in [0.1, 0.15) is 11.6 Å². The van der Waals surface area contributed by atoms with Gasteiger partial charge in [-0.1, -0.05) is 176 Å². The topological polar surface area (TPSA) is 63.8 Å². The monoisotopic (exact) mass is 1020 g/mol. The molecule has 0 bridgehead atoms. The van der Waals surface area contributed by atoms with Crippen LogP contribution in [0.2, 0.25) is 10.0 Å². The number of hydrogen-bond donors (Lipinski definition) is 2. The second-order valence-corrected chi connectivity index (χ2v) is 21.3. The Labute approximate surface area is 431 Å². The van der Waals surface area contributed by atoms with E-state index in [1.807, 2.05) is 12.1 Å². The van der Waals surface area contributed by atoms with Crippen molar-refractivity contribution in [1.82, 2.24) is 9.97 Å². The Balaban J connectivity index is 0.000000128. The van der Waals surface area contributed by atoms with Crippen molar-refractivity contribution in [1.29, 1.82) is 0 Å². The number of hydrogen-bond acceptors (Lipinski definition) is 4. The third-order valence-electron chi connectivity index (χ3n) is 14.8. The minimum atomic E-state index is -0.128. The van der Waals surface area contributed by atoms with Gasteiger partial charge in [0.15, 0.2) is 0 Å². The van der Waals surface area contributed by atoms with Crippen LogP contribution in [0.15, 0.2) is 199 Å². The molecular formula is C64H47BrCl2N4. The first-order valence-corrected chi connectivity index (χ1v) is 25.4. The minimum absolute atomic E-state index is 0.00458. The van der Waals surface area contributed by atoms with Crippen molar-refractivity contribution in [3.8, 4) is 22.3 Å². The van der Waals surface area contributed by atoms with Gasteiger partial charge in [0, 0.05) is 33.4 Å². The molecule has 2 aliphatic rings. The van der Waals surface area contributed by atoms with E-state index in [0.717, 1.165) is 10.2 Å². The van der Waals surface area contributed by atoms with Crippen LogP contribution >= 0.6 is 39.1 Å². The lowest BCUT2D eigenvalue weighted by atomic mass is 9.81. The summed E-state index contributed by atoms with van der Waals surface area (Å²) >= 11 is 15.5. The predicted octanol–water partition coefficient (Wildman–Crippen LogP) is 18.8. The molecule has 0 fully saturated rings. The molecule has 0 saturated heterocycles. The first-order chi connectivity index (χ1) is 34.4. The molecule has 344 valence electrons. The molecule has 0 spiro atoms. The molecule has 71 heavy (non-hydrogen) atoms. The van der Waals surface area contributed by atoms with Crippen molar-refractivity contribution in [2.45, 2.75) is 38.5 Å². The van der Waals surface area contributed by atoms with E-state index < -0.39 is 0 Å². The Bertz CT molecular complexity index is 4140. The van der Waals surface area contributed by atoms with E-state index >= 15 is 0 Å². The number of benzene rings is 10. The predicted molar refractivity (Wildman–Crippen MR) is 307 cm³/mol. The van der Waals surface area contributed by atoms with Crippen molar-refractivity contribution < 1.29 is 0 Å². The van der Waals surface area contributed by atoms with E-state index in [4.69, 9.17) is 28.9 Å². The first kappa shape index (κ1) is 44.9. The Morgan fingerprint density at radius 2 is 0.775 bits per heavy atom. The highest BCUT2D eigenvalue weighted by Crippen LogP contribution is 2.54. The lowest BCUT2D eigenvalue weighted by Crippen LogP contribution is -2.15. The highest BCUT2D eigenvalue weighted by atomic mass is 79.9. The Morgan fingerprint density at radius 3 is 1.20 bits per heavy atom. The molecule has 0 radical (unpaired) electrons. The zero-order valence-corrected chi connectivity index (χ0v) is 42.7. The molecule has 2 aliphatic carbocycles. The smallest absolute Gasteiger partial charge is 0.149 e. The van der Waals surface area contributed by atoms with Crippen LogP contribution in [0.1, 0.15) is 49.9 Å². The van der Waals surface area contributed by atoms with Crippen LogP contribution in [-0.2, 0) is 10.8 Å². The van der Waals surface area contributed by atoms with Gasteiger partial charge in [-0.15, -0.1) is 0 Å². The summed E-state index contributed by atoms with van der Waals surface area (Å²) in [6.07, 6.45) is 3.35. The molecule has 0 amide bonds. The molecule has 4 nitrogen and oxygen atoms in total. The van der Waals surface area contributed by atoms with Gasteiger partial charge in [-0.25, -0.2) is 9.97 Å². The molecule has 7 heteroatoms. The fraction of sp³-hybridized carbons (Fsp3) is 0.0938. The third kappa shape index (κ3) is 7.40. The molecule has 3 N–H and O–H groups in total. The molecule has 0 unspecified atom stereocenters. The van der Waals surface area contributed by atoms with E-state index in [2.05, 4.69) is 217 Å². The minimum Gasteiger partial charge on any atom is -0.382 e. The van der Waals surface area contributed by atoms with Crippen molar-refractivity contribution in [2.75, 3.05) is 11.1 Å². The zero-order chi connectivity index (χ0) is 48.8. The molecular weight excluding hydrogens is 976 g/mol. The lowest BCUT2D eigenvalue weighted by Gasteiger charge is -2.23. The van der Waals surface area contributed by atoms with Gasteiger partial charge in [0.2, 0.25) is 0 Å². The maximum Gasteiger partial charge on any atom is 0.149 e. The summed E-state index contributed by atoms with van der Waals surface area (Å²) in [5.74, 6) is 1.06. The van der Waals surface area contributed by atoms with Crippen LogP contribution < -0.4 is 11.1 Å². The van der Waals surface area contributed by atoms with Crippen LogP contribution in [0.3, 0.4) is 0 Å². The highest BCUT2D eigenvalue weighted by Gasteiger charge is 2.37. The number of nitrogens with zero attached hydrogens (tertiary/aromatic N) is 2. The second kappa shape index (κ2) is 17.2. The fourth-order valence-corrected chi connectivity index (χ4v) is 12.0. The maximum atomic E-state index is 6.35. The Hall–Kier alpha value is -7.28.